The van der Waals surface area contributed by atoms with Crippen LogP contribution in [0, 0.1) is 10.1 Å². The van der Waals surface area contributed by atoms with Crippen molar-refractivity contribution < 1.29 is 33.0 Å². The van der Waals surface area contributed by atoms with E-state index in [0.29, 0.717) is 0 Å². The molecular weight excluding hydrogens is 480 g/mol. The van der Waals surface area contributed by atoms with Gasteiger partial charge in [0.1, 0.15) is 12.1 Å². The minimum Gasteiger partial charge on any atom is -0.457 e. The molecule has 0 saturated carbocycles. The molecule has 5 atom stereocenters. The van der Waals surface area contributed by atoms with E-state index in [1.165, 1.54) is 6.92 Å². The first-order chi connectivity index (χ1) is 15.2. The SMILES string of the molecule is CC(=O)O[C@H]1[C@H](O[Si](C)(C)C(C)(C)C)[C@@H](N=[N+]=[N-])[C@@H](O[N+](=O)[O-])O[C@@H]1CO[Si](C)(C)C(C)(C)C. The summed E-state index contributed by atoms with van der Waals surface area (Å²) in [5.74, 6) is -0.594. The van der Waals surface area contributed by atoms with Gasteiger partial charge in [-0.25, -0.2) is 0 Å². The predicted octanol–water partition coefficient (Wildman–Crippen LogP) is 4.94. The molecule has 0 aromatic rings. The standard InChI is InChI=1S/C20H40N4O8Si2/c1-13(25)29-16-14(12-28-33(8,9)19(2,3)4)30-18(31-24(26)27)15(22-23-21)17(16)32-34(10,11)20(5,6)7/h14-18H,12H2,1-11H3/t14-,15-,16-,17-,18-/m1/s1. The Kier molecular flexibility index (Phi) is 9.74. The van der Waals surface area contributed by atoms with Gasteiger partial charge in [-0.05, 0) is 41.8 Å². The van der Waals surface area contributed by atoms with Crippen molar-refractivity contribution >= 4 is 22.6 Å². The first-order valence-electron chi connectivity index (χ1n) is 11.2. The second kappa shape index (κ2) is 10.9. The van der Waals surface area contributed by atoms with E-state index in [4.69, 9.17) is 23.2 Å². The van der Waals surface area contributed by atoms with Gasteiger partial charge in [0.25, 0.3) is 5.09 Å². The Morgan fingerprint density at radius 3 is 2.03 bits per heavy atom. The third-order valence-corrected chi connectivity index (χ3v) is 15.9. The van der Waals surface area contributed by atoms with Crippen LogP contribution in [0.4, 0.5) is 0 Å². The summed E-state index contributed by atoms with van der Waals surface area (Å²) in [7, 11) is -4.78. The molecule has 0 aromatic heterocycles. The van der Waals surface area contributed by atoms with Crippen LogP contribution in [0.25, 0.3) is 10.4 Å². The Labute approximate surface area is 203 Å². The summed E-state index contributed by atoms with van der Waals surface area (Å²) in [5, 5.41) is 13.5. The molecule has 0 N–H and O–H groups in total. The Hall–Kier alpha value is -1.71. The van der Waals surface area contributed by atoms with E-state index >= 15 is 0 Å². The lowest BCUT2D eigenvalue weighted by Crippen LogP contribution is -2.64. The van der Waals surface area contributed by atoms with Crippen LogP contribution >= 0.6 is 0 Å². The third-order valence-electron chi connectivity index (χ3n) is 6.94. The molecule has 1 rings (SSSR count). The molecule has 14 heteroatoms. The number of carbonyl (C=O) groups excluding carboxylic acids is 1. The zero-order valence-electron chi connectivity index (χ0n) is 22.1. The predicted molar refractivity (Wildman–Crippen MR) is 130 cm³/mol. The molecule has 12 nitrogen and oxygen atoms in total. The lowest BCUT2D eigenvalue weighted by atomic mass is 9.97. The van der Waals surface area contributed by atoms with E-state index in [0.717, 1.165) is 0 Å². The molecule has 0 aliphatic carbocycles. The summed E-state index contributed by atoms with van der Waals surface area (Å²) in [5.41, 5.74) is 9.19. The van der Waals surface area contributed by atoms with Crippen molar-refractivity contribution in [1.82, 2.24) is 0 Å². The lowest BCUT2D eigenvalue weighted by Gasteiger charge is -2.48. The minimum atomic E-state index is -2.53. The van der Waals surface area contributed by atoms with Crippen LogP contribution < -0.4 is 0 Å². The van der Waals surface area contributed by atoms with E-state index in [1.807, 2.05) is 47.0 Å². The monoisotopic (exact) mass is 520 g/mol. The number of azide groups is 1. The van der Waals surface area contributed by atoms with Crippen LogP contribution in [0.15, 0.2) is 5.11 Å². The highest BCUT2D eigenvalue weighted by Gasteiger charge is 2.53. The van der Waals surface area contributed by atoms with Gasteiger partial charge >= 0.3 is 5.97 Å². The molecule has 1 aliphatic heterocycles. The molecule has 34 heavy (non-hydrogen) atoms. The lowest BCUT2D eigenvalue weighted by molar-refractivity contribution is -0.783. The van der Waals surface area contributed by atoms with Crippen molar-refractivity contribution in [1.29, 1.82) is 0 Å². The van der Waals surface area contributed by atoms with Gasteiger partial charge in [-0.3, -0.25) is 9.63 Å². The second-order valence-electron chi connectivity index (χ2n) is 11.6. The molecule has 196 valence electrons. The summed E-state index contributed by atoms with van der Waals surface area (Å²) in [6, 6.07) is -1.27. The van der Waals surface area contributed by atoms with Crippen LogP contribution in [0.5, 0.6) is 0 Å². The topological polar surface area (TPSA) is 155 Å². The van der Waals surface area contributed by atoms with Gasteiger partial charge < -0.3 is 18.3 Å². The van der Waals surface area contributed by atoms with Crippen molar-refractivity contribution in [2.75, 3.05) is 6.61 Å². The van der Waals surface area contributed by atoms with Gasteiger partial charge in [-0.2, -0.15) is 0 Å². The normalized spacial score (nSPS) is 26.4. The van der Waals surface area contributed by atoms with Crippen LogP contribution in [-0.2, 0) is 28.0 Å². The van der Waals surface area contributed by atoms with Gasteiger partial charge in [-0.1, -0.05) is 46.7 Å². The van der Waals surface area contributed by atoms with Crippen LogP contribution in [0.3, 0.4) is 0 Å². The summed E-state index contributed by atoms with van der Waals surface area (Å²) >= 11 is 0. The van der Waals surface area contributed by atoms with Crippen LogP contribution in [0.2, 0.25) is 36.3 Å². The van der Waals surface area contributed by atoms with Crippen molar-refractivity contribution in [2.45, 2.75) is 115 Å². The molecular formula is C20H40N4O8Si2. The third kappa shape index (κ3) is 7.65. The maximum atomic E-state index is 12.1. The summed E-state index contributed by atoms with van der Waals surface area (Å²) in [6.07, 6.45) is -4.56. The summed E-state index contributed by atoms with van der Waals surface area (Å²) < 4.78 is 24.3. The highest BCUT2D eigenvalue weighted by Crippen LogP contribution is 2.41. The number of rotatable bonds is 9. The molecule has 0 amide bonds. The number of ether oxygens (including phenoxy) is 2. The van der Waals surface area contributed by atoms with Gasteiger partial charge in [0.2, 0.25) is 6.29 Å². The Bertz CT molecular complexity index is 790. The van der Waals surface area contributed by atoms with Gasteiger partial charge in [-0.15, -0.1) is 10.1 Å². The first kappa shape index (κ1) is 30.3. The molecule has 0 unspecified atom stereocenters. The zero-order valence-corrected chi connectivity index (χ0v) is 24.1. The van der Waals surface area contributed by atoms with Crippen molar-refractivity contribution in [3.05, 3.63) is 20.6 Å². The number of hydrogen-bond acceptors (Lipinski definition) is 9. The molecule has 1 fully saturated rings. The first-order valence-corrected chi connectivity index (χ1v) is 17.0. The number of carbonyl (C=O) groups is 1. The minimum absolute atomic E-state index is 0.00758. The van der Waals surface area contributed by atoms with Gasteiger partial charge in [0.05, 0.1) is 12.7 Å². The molecule has 1 saturated heterocycles. The van der Waals surface area contributed by atoms with Crippen LogP contribution in [0.1, 0.15) is 48.5 Å². The zero-order chi connectivity index (χ0) is 26.7. The van der Waals surface area contributed by atoms with E-state index < -0.39 is 58.3 Å². The molecule has 0 radical (unpaired) electrons. The van der Waals surface area contributed by atoms with Crippen molar-refractivity contribution in [3.8, 4) is 0 Å². The highest BCUT2D eigenvalue weighted by atomic mass is 28.4. The van der Waals surface area contributed by atoms with E-state index in [2.05, 4.69) is 30.8 Å². The highest BCUT2D eigenvalue weighted by molar-refractivity contribution is 6.74. The number of nitrogens with zero attached hydrogens (tertiary/aromatic N) is 4. The smallest absolute Gasteiger partial charge is 0.303 e. The largest absolute Gasteiger partial charge is 0.457 e. The molecule has 0 spiro atoms. The quantitative estimate of drug-likeness (QED) is 0.0787. The maximum Gasteiger partial charge on any atom is 0.303 e. The van der Waals surface area contributed by atoms with Crippen LogP contribution in [-0.4, -0.2) is 64.9 Å². The van der Waals surface area contributed by atoms with Crippen molar-refractivity contribution in [3.63, 3.8) is 0 Å². The average Bonchev–Trinajstić information content (AvgIpc) is 2.62. The fourth-order valence-corrected chi connectivity index (χ4v) is 5.19. The van der Waals surface area contributed by atoms with Gasteiger partial charge in [0, 0.05) is 11.8 Å². The van der Waals surface area contributed by atoms with E-state index in [1.54, 1.807) is 0 Å². The number of esters is 1. The molecule has 1 aliphatic rings. The molecule has 0 aromatic carbocycles. The fourth-order valence-electron chi connectivity index (χ4n) is 2.87. The van der Waals surface area contributed by atoms with Gasteiger partial charge in [0.15, 0.2) is 22.7 Å². The van der Waals surface area contributed by atoms with E-state index in [9.17, 15) is 20.4 Å². The molecule has 0 bridgehead atoms. The Balaban J connectivity index is 3.52. The Morgan fingerprint density at radius 2 is 1.62 bits per heavy atom. The van der Waals surface area contributed by atoms with E-state index in [-0.39, 0.29) is 16.7 Å². The fraction of sp³-hybridized carbons (Fsp3) is 0.950. The second-order valence-corrected chi connectivity index (χ2v) is 21.1. The molecule has 1 heterocycles. The summed E-state index contributed by atoms with van der Waals surface area (Å²) in [6.45, 7) is 21.6. The Morgan fingerprint density at radius 1 is 1.09 bits per heavy atom. The average molecular weight is 521 g/mol. The number of hydrogen-bond donors (Lipinski definition) is 0. The van der Waals surface area contributed by atoms with Crippen molar-refractivity contribution in [2.24, 2.45) is 5.11 Å². The summed E-state index contributed by atoms with van der Waals surface area (Å²) in [4.78, 5) is 30.8. The maximum absolute atomic E-state index is 12.1.